The Labute approximate surface area is 71.2 Å². The maximum absolute atomic E-state index is 10.4. The fraction of sp³-hybridized carbons (Fsp3) is 0.100. The first kappa shape index (κ1) is 8.53. The monoisotopic (exact) mass is 162 g/mol. The van der Waals surface area contributed by atoms with E-state index < -0.39 is 0 Å². The maximum Gasteiger partial charge on any atom is 0.153 e. The molecule has 2 heteroatoms. The second-order valence-electron chi connectivity index (χ2n) is 2.57. The molecule has 0 fully saturated rings. The number of rotatable bonds is 2. The Hall–Kier alpha value is -1.57. The SMILES string of the molecule is Cc1ccc(/C(C=O)=C\O)cc1. The molecule has 0 aliphatic heterocycles. The van der Waals surface area contributed by atoms with Crippen molar-refractivity contribution in [3.63, 3.8) is 0 Å². The number of aliphatic hydroxyl groups is 1. The third-order valence-corrected chi connectivity index (χ3v) is 1.65. The molecule has 0 atom stereocenters. The van der Waals surface area contributed by atoms with Gasteiger partial charge in [0.2, 0.25) is 0 Å². The van der Waals surface area contributed by atoms with Crippen LogP contribution in [0.2, 0.25) is 0 Å². The lowest BCUT2D eigenvalue weighted by molar-refractivity contribution is -0.103. The summed E-state index contributed by atoms with van der Waals surface area (Å²) in [6.07, 6.45) is 1.45. The van der Waals surface area contributed by atoms with Gasteiger partial charge in [-0.25, -0.2) is 0 Å². The Morgan fingerprint density at radius 3 is 2.33 bits per heavy atom. The first-order chi connectivity index (χ1) is 5.77. The summed E-state index contributed by atoms with van der Waals surface area (Å²) in [7, 11) is 0. The zero-order valence-electron chi connectivity index (χ0n) is 6.82. The molecule has 0 aliphatic rings. The Morgan fingerprint density at radius 1 is 1.33 bits per heavy atom. The third-order valence-electron chi connectivity index (χ3n) is 1.65. The Kier molecular flexibility index (Phi) is 2.64. The molecule has 12 heavy (non-hydrogen) atoms. The smallest absolute Gasteiger partial charge is 0.153 e. The van der Waals surface area contributed by atoms with Gasteiger partial charge in [-0.2, -0.15) is 0 Å². The molecule has 1 aromatic rings. The fourth-order valence-corrected chi connectivity index (χ4v) is 0.919. The number of aldehydes is 1. The topological polar surface area (TPSA) is 37.3 Å². The molecule has 0 aliphatic carbocycles. The van der Waals surface area contributed by atoms with Crippen molar-refractivity contribution in [2.24, 2.45) is 0 Å². The van der Waals surface area contributed by atoms with Gasteiger partial charge in [-0.05, 0) is 12.5 Å². The lowest BCUT2D eigenvalue weighted by Gasteiger charge is -1.98. The predicted octanol–water partition coefficient (Wildman–Crippen LogP) is 2.09. The van der Waals surface area contributed by atoms with Crippen LogP contribution in [0.4, 0.5) is 0 Å². The predicted molar refractivity (Wildman–Crippen MR) is 47.8 cm³/mol. The highest BCUT2D eigenvalue weighted by molar-refractivity contribution is 6.06. The molecule has 62 valence electrons. The van der Waals surface area contributed by atoms with E-state index in [9.17, 15) is 4.79 Å². The van der Waals surface area contributed by atoms with E-state index in [4.69, 9.17) is 5.11 Å². The van der Waals surface area contributed by atoms with E-state index in [1.807, 2.05) is 19.1 Å². The van der Waals surface area contributed by atoms with Crippen LogP contribution in [0.5, 0.6) is 0 Å². The van der Waals surface area contributed by atoms with Crippen molar-refractivity contribution in [2.45, 2.75) is 6.92 Å². The average molecular weight is 162 g/mol. The van der Waals surface area contributed by atoms with Crippen LogP contribution in [0.25, 0.3) is 5.57 Å². The highest BCUT2D eigenvalue weighted by Crippen LogP contribution is 2.11. The number of carbonyl (C=O) groups is 1. The number of aliphatic hydroxyl groups excluding tert-OH is 1. The van der Waals surface area contributed by atoms with Crippen LogP contribution in [0.1, 0.15) is 11.1 Å². The summed E-state index contributed by atoms with van der Waals surface area (Å²) in [5.74, 6) is 0. The molecule has 0 aromatic heterocycles. The van der Waals surface area contributed by atoms with Crippen LogP contribution >= 0.6 is 0 Å². The van der Waals surface area contributed by atoms with E-state index in [0.29, 0.717) is 11.9 Å². The van der Waals surface area contributed by atoms with E-state index >= 15 is 0 Å². The minimum atomic E-state index is 0.301. The summed E-state index contributed by atoms with van der Waals surface area (Å²) in [5, 5.41) is 8.66. The van der Waals surface area contributed by atoms with Crippen LogP contribution in [0.15, 0.2) is 30.5 Å². The summed E-state index contributed by atoms with van der Waals surface area (Å²) in [6.45, 7) is 1.97. The molecule has 2 nitrogen and oxygen atoms in total. The molecule has 0 saturated heterocycles. The highest BCUT2D eigenvalue weighted by Gasteiger charge is 1.97. The molecule has 0 bridgehead atoms. The van der Waals surface area contributed by atoms with Crippen LogP contribution in [0, 0.1) is 6.92 Å². The summed E-state index contributed by atoms with van der Waals surface area (Å²) >= 11 is 0. The second kappa shape index (κ2) is 3.72. The molecule has 0 unspecified atom stereocenters. The van der Waals surface area contributed by atoms with Crippen LogP contribution in [0.3, 0.4) is 0 Å². The molecule has 0 amide bonds. The molecule has 1 rings (SSSR count). The van der Waals surface area contributed by atoms with Crippen LogP contribution < -0.4 is 0 Å². The van der Waals surface area contributed by atoms with Crippen LogP contribution in [-0.2, 0) is 4.79 Å². The second-order valence-corrected chi connectivity index (χ2v) is 2.57. The minimum absolute atomic E-state index is 0.301. The molecule has 0 heterocycles. The Bertz CT molecular complexity index is 296. The van der Waals surface area contributed by atoms with Gasteiger partial charge >= 0.3 is 0 Å². The zero-order valence-corrected chi connectivity index (χ0v) is 6.82. The minimum Gasteiger partial charge on any atom is -0.515 e. The van der Waals surface area contributed by atoms with Gasteiger partial charge in [0.1, 0.15) is 0 Å². The van der Waals surface area contributed by atoms with Crippen molar-refractivity contribution in [2.75, 3.05) is 0 Å². The van der Waals surface area contributed by atoms with Gasteiger partial charge in [0, 0.05) is 0 Å². The molecule has 1 aromatic carbocycles. The average Bonchev–Trinajstić information content (AvgIpc) is 2.10. The van der Waals surface area contributed by atoms with Crippen molar-refractivity contribution in [1.82, 2.24) is 0 Å². The number of allylic oxidation sites excluding steroid dienone is 1. The van der Waals surface area contributed by atoms with Gasteiger partial charge in [0.25, 0.3) is 0 Å². The molecule has 0 radical (unpaired) electrons. The lowest BCUT2D eigenvalue weighted by Crippen LogP contribution is -1.85. The number of benzene rings is 1. The fourth-order valence-electron chi connectivity index (χ4n) is 0.919. The lowest BCUT2D eigenvalue weighted by atomic mass is 10.1. The van der Waals surface area contributed by atoms with Crippen molar-refractivity contribution in [3.8, 4) is 0 Å². The van der Waals surface area contributed by atoms with Gasteiger partial charge in [0.05, 0.1) is 11.8 Å². The van der Waals surface area contributed by atoms with Crippen molar-refractivity contribution < 1.29 is 9.90 Å². The van der Waals surface area contributed by atoms with E-state index in [2.05, 4.69) is 0 Å². The van der Waals surface area contributed by atoms with Crippen molar-refractivity contribution >= 4 is 11.9 Å². The first-order valence-corrected chi connectivity index (χ1v) is 3.64. The van der Waals surface area contributed by atoms with Gasteiger partial charge < -0.3 is 5.11 Å². The number of aryl methyl sites for hydroxylation is 1. The van der Waals surface area contributed by atoms with Crippen molar-refractivity contribution in [1.29, 1.82) is 0 Å². The standard InChI is InChI=1S/C10H10O2/c1-8-2-4-9(5-3-8)10(6-11)7-12/h2-7,11H,1H3/b10-6-. The van der Waals surface area contributed by atoms with Crippen LogP contribution in [-0.4, -0.2) is 11.4 Å². The van der Waals surface area contributed by atoms with E-state index in [1.54, 1.807) is 12.1 Å². The largest absolute Gasteiger partial charge is 0.515 e. The molecular formula is C10H10O2. The third kappa shape index (κ3) is 1.72. The quantitative estimate of drug-likeness (QED) is 0.410. The summed E-state index contributed by atoms with van der Waals surface area (Å²) in [6, 6.07) is 7.38. The summed E-state index contributed by atoms with van der Waals surface area (Å²) in [5.41, 5.74) is 2.16. The molecular weight excluding hydrogens is 152 g/mol. The molecule has 1 N–H and O–H groups in total. The van der Waals surface area contributed by atoms with E-state index in [0.717, 1.165) is 17.4 Å². The first-order valence-electron chi connectivity index (χ1n) is 3.64. The molecule has 0 spiro atoms. The number of carbonyl (C=O) groups excluding carboxylic acids is 1. The Morgan fingerprint density at radius 2 is 1.92 bits per heavy atom. The van der Waals surface area contributed by atoms with Gasteiger partial charge in [0.15, 0.2) is 6.29 Å². The van der Waals surface area contributed by atoms with Crippen molar-refractivity contribution in [3.05, 3.63) is 41.7 Å². The van der Waals surface area contributed by atoms with Gasteiger partial charge in [-0.1, -0.05) is 29.8 Å². The van der Waals surface area contributed by atoms with Gasteiger partial charge in [-0.15, -0.1) is 0 Å². The summed E-state index contributed by atoms with van der Waals surface area (Å²) in [4.78, 5) is 10.4. The number of hydrogen-bond acceptors (Lipinski definition) is 2. The Balaban J connectivity index is 3.04. The number of hydrogen-bond donors (Lipinski definition) is 1. The van der Waals surface area contributed by atoms with Gasteiger partial charge in [-0.3, -0.25) is 4.79 Å². The van der Waals surface area contributed by atoms with E-state index in [1.165, 1.54) is 0 Å². The zero-order chi connectivity index (χ0) is 8.97. The molecule has 0 saturated carbocycles. The maximum atomic E-state index is 10.4. The van der Waals surface area contributed by atoms with E-state index in [-0.39, 0.29) is 0 Å². The highest BCUT2D eigenvalue weighted by atomic mass is 16.2. The normalized spacial score (nSPS) is 11.2. The summed E-state index contributed by atoms with van der Waals surface area (Å²) < 4.78 is 0.